The molecule has 0 aromatic carbocycles. The van der Waals surface area contributed by atoms with Crippen LogP contribution in [0, 0.1) is 0 Å². The maximum atomic E-state index is 12.6. The van der Waals surface area contributed by atoms with Gasteiger partial charge in [-0.3, -0.25) is 19.2 Å². The monoisotopic (exact) mass is 435 g/mol. The summed E-state index contributed by atoms with van der Waals surface area (Å²) in [6, 6.07) is -4.86. The van der Waals surface area contributed by atoms with E-state index >= 15 is 0 Å². The molecular formula is C16H29N5O7S. The molecule has 0 saturated carbocycles. The predicted octanol–water partition coefficient (Wildman–Crippen LogP) is -2.59. The molecule has 0 heterocycles. The van der Waals surface area contributed by atoms with E-state index in [4.69, 9.17) is 21.7 Å². The van der Waals surface area contributed by atoms with E-state index < -0.39 is 60.2 Å². The lowest BCUT2D eigenvalue weighted by Gasteiger charge is -2.24. The van der Waals surface area contributed by atoms with Crippen LogP contribution in [0.25, 0.3) is 0 Å². The summed E-state index contributed by atoms with van der Waals surface area (Å²) in [6.07, 6.45) is 0.480. The van der Waals surface area contributed by atoms with E-state index in [2.05, 4.69) is 28.6 Å². The van der Waals surface area contributed by atoms with Gasteiger partial charge < -0.3 is 37.6 Å². The Labute approximate surface area is 173 Å². The number of carbonyl (C=O) groups excluding carboxylic acids is 3. The third-order valence-corrected chi connectivity index (χ3v) is 4.17. The molecule has 0 aromatic rings. The summed E-state index contributed by atoms with van der Waals surface area (Å²) in [6.45, 7) is 1.80. The molecule has 0 radical (unpaired) electrons. The van der Waals surface area contributed by atoms with Crippen molar-refractivity contribution in [2.45, 2.75) is 56.8 Å². The number of aliphatic carboxylic acids is 2. The summed E-state index contributed by atoms with van der Waals surface area (Å²) in [5.41, 5.74) is 10.9. The number of amides is 3. The van der Waals surface area contributed by atoms with Gasteiger partial charge in [-0.1, -0.05) is 0 Å². The van der Waals surface area contributed by atoms with E-state index in [-0.39, 0.29) is 12.2 Å². The Kier molecular flexibility index (Phi) is 12.6. The quantitative estimate of drug-likeness (QED) is 0.106. The van der Waals surface area contributed by atoms with E-state index in [1.54, 1.807) is 0 Å². The number of carboxylic acid groups (broad SMARTS) is 2. The van der Waals surface area contributed by atoms with Gasteiger partial charge in [0.15, 0.2) is 0 Å². The molecule has 13 heteroatoms. The van der Waals surface area contributed by atoms with Gasteiger partial charge in [-0.2, -0.15) is 12.6 Å². The van der Waals surface area contributed by atoms with Crippen LogP contribution in [-0.2, 0) is 24.0 Å². The Bertz CT molecular complexity index is 602. The number of thiol groups is 1. The average molecular weight is 436 g/mol. The van der Waals surface area contributed by atoms with Crippen molar-refractivity contribution in [3.05, 3.63) is 0 Å². The topological polar surface area (TPSA) is 214 Å². The Hall–Kier alpha value is -2.38. The summed E-state index contributed by atoms with van der Waals surface area (Å²) in [5.74, 6) is -5.38. The molecule has 0 aliphatic heterocycles. The first-order chi connectivity index (χ1) is 13.5. The summed E-state index contributed by atoms with van der Waals surface area (Å²) < 4.78 is 0. The van der Waals surface area contributed by atoms with Crippen LogP contribution in [0.15, 0.2) is 0 Å². The van der Waals surface area contributed by atoms with E-state index in [0.29, 0.717) is 19.4 Å². The van der Waals surface area contributed by atoms with Crippen molar-refractivity contribution >= 4 is 42.3 Å². The van der Waals surface area contributed by atoms with E-state index in [1.165, 1.54) is 6.92 Å². The van der Waals surface area contributed by atoms with Gasteiger partial charge in [0.1, 0.15) is 18.1 Å². The van der Waals surface area contributed by atoms with Gasteiger partial charge in [0.25, 0.3) is 0 Å². The van der Waals surface area contributed by atoms with E-state index in [0.717, 1.165) is 0 Å². The highest BCUT2D eigenvalue weighted by Crippen LogP contribution is 2.04. The summed E-state index contributed by atoms with van der Waals surface area (Å²) in [7, 11) is 0. The Morgan fingerprint density at radius 1 is 0.897 bits per heavy atom. The normalized spacial score (nSPS) is 14.8. The number of rotatable bonds is 14. The van der Waals surface area contributed by atoms with Crippen LogP contribution in [0.1, 0.15) is 32.6 Å². The molecule has 166 valence electrons. The molecule has 12 nitrogen and oxygen atoms in total. The fourth-order valence-electron chi connectivity index (χ4n) is 2.18. The zero-order valence-corrected chi connectivity index (χ0v) is 17.0. The third kappa shape index (κ3) is 10.7. The largest absolute Gasteiger partial charge is 0.481 e. The fourth-order valence-corrected chi connectivity index (χ4v) is 2.43. The number of hydrogen-bond acceptors (Lipinski definition) is 8. The fraction of sp³-hybridized carbons (Fsp3) is 0.688. The second kappa shape index (κ2) is 13.7. The van der Waals surface area contributed by atoms with Crippen LogP contribution >= 0.6 is 12.6 Å². The highest BCUT2D eigenvalue weighted by molar-refractivity contribution is 7.80. The second-order valence-corrected chi connectivity index (χ2v) is 6.74. The number of unbranched alkanes of at least 4 members (excludes halogenated alkanes) is 1. The molecule has 29 heavy (non-hydrogen) atoms. The van der Waals surface area contributed by atoms with Crippen LogP contribution in [0.3, 0.4) is 0 Å². The lowest BCUT2D eigenvalue weighted by molar-refractivity contribution is -0.143. The van der Waals surface area contributed by atoms with Crippen molar-refractivity contribution in [3.8, 4) is 0 Å². The Morgan fingerprint density at radius 2 is 1.41 bits per heavy atom. The Morgan fingerprint density at radius 3 is 1.86 bits per heavy atom. The van der Waals surface area contributed by atoms with Crippen molar-refractivity contribution in [1.82, 2.24) is 16.0 Å². The number of carbonyl (C=O) groups is 5. The average Bonchev–Trinajstić information content (AvgIpc) is 2.63. The number of carboxylic acids is 2. The molecule has 0 fully saturated rings. The Balaban J connectivity index is 5.32. The molecule has 4 atom stereocenters. The van der Waals surface area contributed by atoms with Gasteiger partial charge in [-0.05, 0) is 32.7 Å². The van der Waals surface area contributed by atoms with Gasteiger partial charge in [0, 0.05) is 5.75 Å². The molecule has 0 spiro atoms. The van der Waals surface area contributed by atoms with Crippen molar-refractivity contribution in [2.75, 3.05) is 12.3 Å². The van der Waals surface area contributed by atoms with Crippen molar-refractivity contribution < 1.29 is 34.2 Å². The minimum atomic E-state index is -1.55. The smallest absolute Gasteiger partial charge is 0.327 e. The molecule has 0 bridgehead atoms. The zero-order valence-electron chi connectivity index (χ0n) is 16.1. The minimum absolute atomic E-state index is 0.192. The van der Waals surface area contributed by atoms with Crippen molar-refractivity contribution in [2.24, 2.45) is 11.5 Å². The highest BCUT2D eigenvalue weighted by atomic mass is 32.1. The second-order valence-electron chi connectivity index (χ2n) is 6.38. The number of nitrogens with one attached hydrogen (secondary N) is 3. The number of nitrogens with two attached hydrogens (primary N) is 2. The minimum Gasteiger partial charge on any atom is -0.481 e. The van der Waals surface area contributed by atoms with Crippen molar-refractivity contribution in [1.29, 1.82) is 0 Å². The molecular weight excluding hydrogens is 406 g/mol. The lowest BCUT2D eigenvalue weighted by atomic mass is 10.1. The number of hydrogen-bond donors (Lipinski definition) is 8. The van der Waals surface area contributed by atoms with Crippen molar-refractivity contribution in [3.63, 3.8) is 0 Å². The van der Waals surface area contributed by atoms with Gasteiger partial charge in [0.05, 0.1) is 12.5 Å². The van der Waals surface area contributed by atoms with Crippen LogP contribution in [0.4, 0.5) is 0 Å². The van der Waals surface area contributed by atoms with Crippen LogP contribution in [0.2, 0.25) is 0 Å². The van der Waals surface area contributed by atoms with E-state index in [1.807, 2.05) is 0 Å². The lowest BCUT2D eigenvalue weighted by Crippen LogP contribution is -2.57. The maximum Gasteiger partial charge on any atom is 0.327 e. The van der Waals surface area contributed by atoms with E-state index in [9.17, 15) is 24.0 Å². The summed E-state index contributed by atoms with van der Waals surface area (Å²) in [5, 5.41) is 24.8. The standard InChI is InChI=1S/C16H29N5O7S/c1-8(18)13(24)19-9(4-2-3-5-17)14(25)20-10(6-12(22)23)15(26)21-11(7-29)16(27)28/h8-11,29H,2-7,17-18H2,1H3,(H,19,24)(H,20,25)(H,21,26)(H,22,23)(H,27,28). The van der Waals surface area contributed by atoms with Crippen LogP contribution in [-0.4, -0.2) is 76.3 Å². The third-order valence-electron chi connectivity index (χ3n) is 3.80. The first kappa shape index (κ1) is 26.6. The maximum absolute atomic E-state index is 12.6. The first-order valence-corrected chi connectivity index (χ1v) is 9.58. The van der Waals surface area contributed by atoms with Gasteiger partial charge >= 0.3 is 11.9 Å². The van der Waals surface area contributed by atoms with Crippen LogP contribution in [0.5, 0.6) is 0 Å². The molecule has 4 unspecified atom stereocenters. The highest BCUT2D eigenvalue weighted by Gasteiger charge is 2.30. The SMILES string of the molecule is CC(N)C(=O)NC(CCCCN)C(=O)NC(CC(=O)O)C(=O)NC(CS)C(=O)O. The van der Waals surface area contributed by atoms with Gasteiger partial charge in [0.2, 0.25) is 17.7 Å². The molecule has 0 aliphatic rings. The molecule has 0 saturated heterocycles. The molecule has 3 amide bonds. The molecule has 0 rings (SSSR count). The molecule has 9 N–H and O–H groups in total. The van der Waals surface area contributed by atoms with Crippen LogP contribution < -0.4 is 27.4 Å². The predicted molar refractivity (Wildman–Crippen MR) is 106 cm³/mol. The molecule has 0 aromatic heterocycles. The van der Waals surface area contributed by atoms with Gasteiger partial charge in [-0.15, -0.1) is 0 Å². The first-order valence-electron chi connectivity index (χ1n) is 8.95. The molecule has 0 aliphatic carbocycles. The summed E-state index contributed by atoms with van der Waals surface area (Å²) >= 11 is 3.81. The summed E-state index contributed by atoms with van der Waals surface area (Å²) in [4.78, 5) is 58.8. The van der Waals surface area contributed by atoms with Gasteiger partial charge in [-0.25, -0.2) is 4.79 Å². The zero-order chi connectivity index (χ0) is 22.6.